The molecular weight excluding hydrogens is 240 g/mol. The Hall–Kier alpha value is -1.14. The van der Waals surface area contributed by atoms with Crippen molar-refractivity contribution in [2.24, 2.45) is 0 Å². The summed E-state index contributed by atoms with van der Waals surface area (Å²) in [7, 11) is 3.90. The van der Waals surface area contributed by atoms with E-state index in [0.717, 1.165) is 32.6 Å². The lowest BCUT2D eigenvalue weighted by atomic mass is 10.4. The average molecular weight is 257 g/mol. The minimum atomic E-state index is 0.233. The minimum Gasteiger partial charge on any atom is -0.357 e. The van der Waals surface area contributed by atoms with Gasteiger partial charge in [0.2, 0.25) is 17.2 Å². The Kier molecular flexibility index (Phi) is 3.96. The van der Waals surface area contributed by atoms with Crippen LogP contribution in [-0.2, 0) is 0 Å². The molecule has 1 aromatic heterocycles. The first-order valence-electron chi connectivity index (χ1n) is 5.72. The SMILES string of the molecule is CNc1nc(Cl)nc(N2CCCN(C)CC2)n1. The molecule has 2 rings (SSSR count). The maximum absolute atomic E-state index is 5.88. The second kappa shape index (κ2) is 5.46. The molecule has 0 saturated carbocycles. The Balaban J connectivity index is 2.17. The molecule has 2 heterocycles. The summed E-state index contributed by atoms with van der Waals surface area (Å²) in [5, 5.41) is 3.12. The van der Waals surface area contributed by atoms with Crippen LogP contribution in [0, 0.1) is 0 Å². The Morgan fingerprint density at radius 3 is 2.71 bits per heavy atom. The zero-order chi connectivity index (χ0) is 12.3. The van der Waals surface area contributed by atoms with E-state index in [-0.39, 0.29) is 5.28 Å². The summed E-state index contributed by atoms with van der Waals surface area (Å²) in [5.41, 5.74) is 0. The first kappa shape index (κ1) is 12.3. The summed E-state index contributed by atoms with van der Waals surface area (Å²) in [6.45, 7) is 3.99. The number of hydrogen-bond donors (Lipinski definition) is 1. The van der Waals surface area contributed by atoms with Crippen LogP contribution in [0.2, 0.25) is 5.28 Å². The molecule has 17 heavy (non-hydrogen) atoms. The summed E-state index contributed by atoms with van der Waals surface area (Å²) >= 11 is 5.88. The average Bonchev–Trinajstić information content (AvgIpc) is 2.53. The van der Waals surface area contributed by atoms with Crippen molar-refractivity contribution in [1.82, 2.24) is 19.9 Å². The largest absolute Gasteiger partial charge is 0.357 e. The second-order valence-electron chi connectivity index (χ2n) is 4.12. The fourth-order valence-corrected chi connectivity index (χ4v) is 2.00. The highest BCUT2D eigenvalue weighted by Gasteiger charge is 2.16. The zero-order valence-electron chi connectivity index (χ0n) is 10.1. The number of nitrogens with zero attached hydrogens (tertiary/aromatic N) is 5. The fraction of sp³-hybridized carbons (Fsp3) is 0.700. The van der Waals surface area contributed by atoms with Gasteiger partial charge in [0.1, 0.15) is 0 Å². The molecule has 1 N–H and O–H groups in total. The normalized spacial score (nSPS) is 17.9. The van der Waals surface area contributed by atoms with Crippen LogP contribution >= 0.6 is 11.6 Å². The number of anilines is 2. The van der Waals surface area contributed by atoms with E-state index in [9.17, 15) is 0 Å². The van der Waals surface area contributed by atoms with Gasteiger partial charge in [-0.25, -0.2) is 0 Å². The number of likely N-dealkylation sites (N-methyl/N-ethyl adjacent to an activating group) is 1. The van der Waals surface area contributed by atoms with Crippen molar-refractivity contribution in [3.63, 3.8) is 0 Å². The lowest BCUT2D eigenvalue weighted by Crippen LogP contribution is -2.30. The van der Waals surface area contributed by atoms with Crippen LogP contribution in [0.5, 0.6) is 0 Å². The highest BCUT2D eigenvalue weighted by Crippen LogP contribution is 2.15. The summed E-state index contributed by atoms with van der Waals surface area (Å²) in [6, 6.07) is 0. The fourth-order valence-electron chi connectivity index (χ4n) is 1.84. The van der Waals surface area contributed by atoms with E-state index in [0.29, 0.717) is 11.9 Å². The monoisotopic (exact) mass is 256 g/mol. The van der Waals surface area contributed by atoms with Crippen molar-refractivity contribution in [1.29, 1.82) is 0 Å². The molecule has 1 saturated heterocycles. The smallest absolute Gasteiger partial charge is 0.231 e. The minimum absolute atomic E-state index is 0.233. The van der Waals surface area contributed by atoms with Gasteiger partial charge in [-0.2, -0.15) is 15.0 Å². The Labute approximate surface area is 106 Å². The van der Waals surface area contributed by atoms with Gasteiger partial charge in [-0.3, -0.25) is 0 Å². The number of nitrogens with one attached hydrogen (secondary N) is 1. The van der Waals surface area contributed by atoms with Crippen LogP contribution in [-0.4, -0.2) is 60.1 Å². The van der Waals surface area contributed by atoms with Gasteiger partial charge in [0.25, 0.3) is 0 Å². The van der Waals surface area contributed by atoms with Gasteiger partial charge in [0.15, 0.2) is 0 Å². The van der Waals surface area contributed by atoms with Crippen molar-refractivity contribution in [3.8, 4) is 0 Å². The van der Waals surface area contributed by atoms with Gasteiger partial charge in [-0.15, -0.1) is 0 Å². The van der Waals surface area contributed by atoms with E-state index >= 15 is 0 Å². The molecule has 0 unspecified atom stereocenters. The third-order valence-corrected chi connectivity index (χ3v) is 2.99. The lowest BCUT2D eigenvalue weighted by molar-refractivity contribution is 0.360. The van der Waals surface area contributed by atoms with Gasteiger partial charge < -0.3 is 15.1 Å². The van der Waals surface area contributed by atoms with Crippen molar-refractivity contribution in [2.45, 2.75) is 6.42 Å². The lowest BCUT2D eigenvalue weighted by Gasteiger charge is -2.20. The summed E-state index contributed by atoms with van der Waals surface area (Å²) in [5.74, 6) is 1.17. The Bertz CT molecular complexity index is 385. The van der Waals surface area contributed by atoms with Gasteiger partial charge >= 0.3 is 0 Å². The number of aromatic nitrogens is 3. The third-order valence-electron chi connectivity index (χ3n) is 2.82. The van der Waals surface area contributed by atoms with E-state index in [4.69, 9.17) is 11.6 Å². The van der Waals surface area contributed by atoms with E-state index in [1.807, 2.05) is 0 Å². The standard InChI is InChI=1S/C10H17ClN6/c1-12-9-13-8(11)14-10(15-9)17-5-3-4-16(2)6-7-17/h3-7H2,1-2H3,(H,12,13,14,15). The molecule has 6 nitrogen and oxygen atoms in total. The van der Waals surface area contributed by atoms with Gasteiger partial charge in [0.05, 0.1) is 0 Å². The van der Waals surface area contributed by atoms with E-state index in [1.54, 1.807) is 7.05 Å². The predicted octanol–water partition coefficient (Wildman–Crippen LogP) is 0.709. The molecule has 1 aliphatic rings. The van der Waals surface area contributed by atoms with Crippen LogP contribution in [0.4, 0.5) is 11.9 Å². The van der Waals surface area contributed by atoms with Crippen molar-refractivity contribution in [3.05, 3.63) is 5.28 Å². The van der Waals surface area contributed by atoms with Crippen LogP contribution in [0.3, 0.4) is 0 Å². The molecule has 0 aliphatic carbocycles. The van der Waals surface area contributed by atoms with E-state index < -0.39 is 0 Å². The molecular formula is C10H17ClN6. The maximum atomic E-state index is 5.88. The molecule has 0 radical (unpaired) electrons. The Morgan fingerprint density at radius 2 is 1.94 bits per heavy atom. The van der Waals surface area contributed by atoms with Crippen molar-refractivity contribution in [2.75, 3.05) is 50.5 Å². The van der Waals surface area contributed by atoms with Gasteiger partial charge in [-0.1, -0.05) is 0 Å². The highest BCUT2D eigenvalue weighted by molar-refractivity contribution is 6.28. The van der Waals surface area contributed by atoms with Crippen molar-refractivity contribution < 1.29 is 0 Å². The van der Waals surface area contributed by atoms with E-state index in [1.165, 1.54) is 0 Å². The Morgan fingerprint density at radius 1 is 1.12 bits per heavy atom. The number of rotatable bonds is 2. The molecule has 94 valence electrons. The third kappa shape index (κ3) is 3.17. The van der Waals surface area contributed by atoms with Gasteiger partial charge in [0, 0.05) is 26.7 Å². The molecule has 0 amide bonds. The molecule has 0 spiro atoms. The van der Waals surface area contributed by atoms with Gasteiger partial charge in [-0.05, 0) is 31.6 Å². The highest BCUT2D eigenvalue weighted by atomic mass is 35.5. The van der Waals surface area contributed by atoms with Crippen LogP contribution in [0.15, 0.2) is 0 Å². The quantitative estimate of drug-likeness (QED) is 0.841. The summed E-state index contributed by atoms with van der Waals surface area (Å²) in [6.07, 6.45) is 1.11. The first-order valence-corrected chi connectivity index (χ1v) is 6.09. The number of hydrogen-bond acceptors (Lipinski definition) is 6. The number of halogens is 1. The topological polar surface area (TPSA) is 57.2 Å². The molecule has 0 bridgehead atoms. The van der Waals surface area contributed by atoms with Crippen molar-refractivity contribution >= 4 is 23.5 Å². The van der Waals surface area contributed by atoms with E-state index in [2.05, 4.69) is 37.1 Å². The second-order valence-corrected chi connectivity index (χ2v) is 4.46. The maximum Gasteiger partial charge on any atom is 0.231 e. The molecule has 7 heteroatoms. The molecule has 1 fully saturated rings. The van der Waals surface area contributed by atoms with Crippen LogP contribution in [0.25, 0.3) is 0 Å². The summed E-state index contributed by atoms with van der Waals surface area (Å²) in [4.78, 5) is 17.0. The summed E-state index contributed by atoms with van der Waals surface area (Å²) < 4.78 is 0. The molecule has 0 atom stereocenters. The van der Waals surface area contributed by atoms with Crippen LogP contribution in [0.1, 0.15) is 6.42 Å². The predicted molar refractivity (Wildman–Crippen MR) is 68.7 cm³/mol. The first-order chi connectivity index (χ1) is 8.19. The molecule has 0 aromatic carbocycles. The molecule has 1 aromatic rings. The molecule has 1 aliphatic heterocycles. The zero-order valence-corrected chi connectivity index (χ0v) is 10.9. The van der Waals surface area contributed by atoms with Crippen LogP contribution < -0.4 is 10.2 Å².